The minimum Gasteiger partial charge on any atom is -0.481 e. The predicted molar refractivity (Wildman–Crippen MR) is 90.1 cm³/mol. The molecular weight excluding hydrogens is 332 g/mol. The van der Waals surface area contributed by atoms with Crippen LogP contribution < -0.4 is 10.0 Å². The molecule has 0 heterocycles. The Morgan fingerprint density at radius 3 is 2.46 bits per heavy atom. The van der Waals surface area contributed by atoms with Crippen molar-refractivity contribution >= 4 is 27.6 Å². The van der Waals surface area contributed by atoms with Gasteiger partial charge >= 0.3 is 5.97 Å². The Bertz CT molecular complexity index is 709. The van der Waals surface area contributed by atoms with E-state index in [9.17, 15) is 18.0 Å². The van der Waals surface area contributed by atoms with E-state index < -0.39 is 16.0 Å². The molecule has 1 aromatic carbocycles. The van der Waals surface area contributed by atoms with Gasteiger partial charge in [0.25, 0.3) is 0 Å². The first-order valence-electron chi connectivity index (χ1n) is 7.82. The molecule has 1 aromatic rings. The van der Waals surface area contributed by atoms with Crippen molar-refractivity contribution in [2.45, 2.75) is 38.1 Å². The van der Waals surface area contributed by atoms with E-state index in [1.807, 2.05) is 0 Å². The zero-order chi connectivity index (χ0) is 17.7. The Balaban J connectivity index is 1.87. The van der Waals surface area contributed by atoms with Gasteiger partial charge < -0.3 is 10.4 Å². The topological polar surface area (TPSA) is 113 Å². The normalized spacial score (nSPS) is 21.0. The van der Waals surface area contributed by atoms with Crippen LogP contribution >= 0.6 is 0 Å². The van der Waals surface area contributed by atoms with Crippen molar-refractivity contribution in [2.75, 3.05) is 11.0 Å². The zero-order valence-corrected chi connectivity index (χ0v) is 14.3. The molecule has 0 bridgehead atoms. The highest BCUT2D eigenvalue weighted by atomic mass is 32.2. The highest BCUT2D eigenvalue weighted by Crippen LogP contribution is 2.24. The maximum atomic E-state index is 12.1. The van der Waals surface area contributed by atoms with Crippen LogP contribution in [0.3, 0.4) is 0 Å². The number of carbonyl (C=O) groups is 2. The molecule has 2 rings (SSSR count). The van der Waals surface area contributed by atoms with Gasteiger partial charge in [0.15, 0.2) is 0 Å². The number of benzene rings is 1. The monoisotopic (exact) mass is 354 g/mol. The van der Waals surface area contributed by atoms with E-state index >= 15 is 0 Å². The molecule has 8 heteroatoms. The summed E-state index contributed by atoms with van der Waals surface area (Å²) in [4.78, 5) is 23.0. The Labute approximate surface area is 141 Å². The maximum Gasteiger partial charge on any atom is 0.306 e. The van der Waals surface area contributed by atoms with Gasteiger partial charge in [-0.2, -0.15) is 0 Å². The lowest BCUT2D eigenvalue weighted by Gasteiger charge is -2.26. The quantitative estimate of drug-likeness (QED) is 0.714. The Hall–Kier alpha value is -2.09. The van der Waals surface area contributed by atoms with Crippen molar-refractivity contribution in [3.8, 4) is 0 Å². The standard InChI is InChI=1S/C16H22N2O5S/c1-24(22,23)18-14-4-2-3-11(9-14)10-15(19)17-13-7-5-12(6-8-13)16(20)21/h2-4,9,12-13,18H,5-8,10H2,1H3,(H,17,19)(H,20,21). The summed E-state index contributed by atoms with van der Waals surface area (Å²) in [5, 5.41) is 11.9. The minimum atomic E-state index is -3.36. The summed E-state index contributed by atoms with van der Waals surface area (Å²) in [7, 11) is -3.36. The highest BCUT2D eigenvalue weighted by Gasteiger charge is 2.26. The van der Waals surface area contributed by atoms with Gasteiger partial charge in [-0.05, 0) is 43.4 Å². The predicted octanol–water partition coefficient (Wildman–Crippen LogP) is 1.36. The molecule has 0 aliphatic heterocycles. The molecular formula is C16H22N2O5S. The fourth-order valence-electron chi connectivity index (χ4n) is 2.91. The molecule has 132 valence electrons. The van der Waals surface area contributed by atoms with Crippen LogP contribution in [0.1, 0.15) is 31.2 Å². The van der Waals surface area contributed by atoms with E-state index in [4.69, 9.17) is 5.11 Å². The van der Waals surface area contributed by atoms with Crippen molar-refractivity contribution in [1.82, 2.24) is 5.32 Å². The first-order valence-corrected chi connectivity index (χ1v) is 9.71. The molecule has 1 fully saturated rings. The summed E-state index contributed by atoms with van der Waals surface area (Å²) < 4.78 is 24.9. The molecule has 0 saturated heterocycles. The molecule has 0 atom stereocenters. The summed E-state index contributed by atoms with van der Waals surface area (Å²) in [6.45, 7) is 0. The number of nitrogens with one attached hydrogen (secondary N) is 2. The zero-order valence-electron chi connectivity index (χ0n) is 13.5. The summed E-state index contributed by atoms with van der Waals surface area (Å²) in [6.07, 6.45) is 3.71. The third-order valence-corrected chi connectivity index (χ3v) is 4.64. The van der Waals surface area contributed by atoms with Gasteiger partial charge in [-0.25, -0.2) is 8.42 Å². The largest absolute Gasteiger partial charge is 0.481 e. The van der Waals surface area contributed by atoms with Crippen molar-refractivity contribution in [3.63, 3.8) is 0 Å². The number of anilines is 1. The Morgan fingerprint density at radius 2 is 1.88 bits per heavy atom. The molecule has 1 saturated carbocycles. The lowest BCUT2D eigenvalue weighted by atomic mass is 9.86. The first kappa shape index (κ1) is 18.3. The number of carboxylic acids is 1. The van der Waals surface area contributed by atoms with Gasteiger partial charge in [-0.15, -0.1) is 0 Å². The maximum absolute atomic E-state index is 12.1. The van der Waals surface area contributed by atoms with E-state index in [-0.39, 0.29) is 24.3 Å². The molecule has 1 aliphatic rings. The number of aliphatic carboxylic acids is 1. The van der Waals surface area contributed by atoms with E-state index in [0.717, 1.165) is 6.26 Å². The number of carbonyl (C=O) groups excluding carboxylic acids is 1. The second-order valence-electron chi connectivity index (χ2n) is 6.21. The van der Waals surface area contributed by atoms with Gasteiger partial charge in [-0.3, -0.25) is 14.3 Å². The molecule has 0 radical (unpaired) electrons. The van der Waals surface area contributed by atoms with Crippen LogP contribution in [0.2, 0.25) is 0 Å². The van der Waals surface area contributed by atoms with Crippen LogP contribution in [-0.2, 0) is 26.0 Å². The number of hydrogen-bond donors (Lipinski definition) is 3. The number of rotatable bonds is 6. The second kappa shape index (κ2) is 7.65. The molecule has 0 unspecified atom stereocenters. The number of amides is 1. The lowest BCUT2D eigenvalue weighted by Crippen LogP contribution is -2.39. The van der Waals surface area contributed by atoms with Crippen molar-refractivity contribution in [1.29, 1.82) is 0 Å². The van der Waals surface area contributed by atoms with E-state index in [1.54, 1.807) is 24.3 Å². The number of carboxylic acid groups (broad SMARTS) is 1. The fourth-order valence-corrected chi connectivity index (χ4v) is 3.46. The number of sulfonamides is 1. The molecule has 1 amide bonds. The van der Waals surface area contributed by atoms with Crippen LogP contribution in [-0.4, -0.2) is 37.7 Å². The third kappa shape index (κ3) is 5.84. The van der Waals surface area contributed by atoms with Crippen LogP contribution in [0.25, 0.3) is 0 Å². The summed E-state index contributed by atoms with van der Waals surface area (Å²) in [5.74, 6) is -1.22. The number of hydrogen-bond acceptors (Lipinski definition) is 4. The minimum absolute atomic E-state index is 0.00503. The summed E-state index contributed by atoms with van der Waals surface area (Å²) in [5.41, 5.74) is 1.13. The van der Waals surface area contributed by atoms with Crippen LogP contribution in [0.4, 0.5) is 5.69 Å². The Morgan fingerprint density at radius 1 is 1.21 bits per heavy atom. The average molecular weight is 354 g/mol. The lowest BCUT2D eigenvalue weighted by molar-refractivity contribution is -0.142. The molecule has 1 aliphatic carbocycles. The molecule has 0 spiro atoms. The third-order valence-electron chi connectivity index (χ3n) is 4.04. The van der Waals surface area contributed by atoms with Crippen molar-refractivity contribution < 1.29 is 23.1 Å². The Kier molecular flexibility index (Phi) is 5.82. The van der Waals surface area contributed by atoms with E-state index in [1.165, 1.54) is 0 Å². The van der Waals surface area contributed by atoms with Crippen molar-refractivity contribution in [3.05, 3.63) is 29.8 Å². The van der Waals surface area contributed by atoms with Gasteiger partial charge in [0.1, 0.15) is 0 Å². The highest BCUT2D eigenvalue weighted by molar-refractivity contribution is 7.92. The smallest absolute Gasteiger partial charge is 0.306 e. The van der Waals surface area contributed by atoms with Crippen LogP contribution in [0.5, 0.6) is 0 Å². The summed E-state index contributed by atoms with van der Waals surface area (Å²) >= 11 is 0. The van der Waals surface area contributed by atoms with Gasteiger partial charge in [-0.1, -0.05) is 12.1 Å². The van der Waals surface area contributed by atoms with E-state index in [2.05, 4.69) is 10.0 Å². The average Bonchev–Trinajstić information content (AvgIpc) is 2.46. The molecule has 3 N–H and O–H groups in total. The van der Waals surface area contributed by atoms with Crippen LogP contribution in [0.15, 0.2) is 24.3 Å². The van der Waals surface area contributed by atoms with Crippen LogP contribution in [0, 0.1) is 5.92 Å². The van der Waals surface area contributed by atoms with Gasteiger partial charge in [0.05, 0.1) is 18.6 Å². The van der Waals surface area contributed by atoms with Gasteiger partial charge in [0, 0.05) is 11.7 Å². The molecule has 7 nitrogen and oxygen atoms in total. The fraction of sp³-hybridized carbons (Fsp3) is 0.500. The second-order valence-corrected chi connectivity index (χ2v) is 7.95. The molecule has 24 heavy (non-hydrogen) atoms. The van der Waals surface area contributed by atoms with Crippen molar-refractivity contribution in [2.24, 2.45) is 5.92 Å². The first-order chi connectivity index (χ1) is 11.2. The van der Waals surface area contributed by atoms with Gasteiger partial charge in [0.2, 0.25) is 15.9 Å². The van der Waals surface area contributed by atoms with E-state index in [0.29, 0.717) is 36.9 Å². The summed E-state index contributed by atoms with van der Waals surface area (Å²) in [6, 6.07) is 6.70. The molecule has 0 aromatic heterocycles. The SMILES string of the molecule is CS(=O)(=O)Nc1cccc(CC(=O)NC2CCC(C(=O)O)CC2)c1.